The van der Waals surface area contributed by atoms with Crippen molar-refractivity contribution < 1.29 is 0 Å². The molecular weight excluding hydrogens is 208 g/mol. The summed E-state index contributed by atoms with van der Waals surface area (Å²) in [7, 11) is 0. The van der Waals surface area contributed by atoms with Crippen LogP contribution in [0.1, 0.15) is 52.4 Å². The molecule has 2 atom stereocenters. The zero-order chi connectivity index (χ0) is 12.3. The van der Waals surface area contributed by atoms with E-state index in [4.69, 9.17) is 5.73 Å². The fourth-order valence-corrected chi connectivity index (χ4v) is 3.79. The largest absolute Gasteiger partial charge is 0.329 e. The number of hydrogen-bond donors (Lipinski definition) is 1. The van der Waals surface area contributed by atoms with Gasteiger partial charge in [0, 0.05) is 19.1 Å². The first kappa shape index (κ1) is 13.4. The van der Waals surface area contributed by atoms with Crippen molar-refractivity contribution in [1.82, 2.24) is 4.90 Å². The van der Waals surface area contributed by atoms with Gasteiger partial charge in [-0.05, 0) is 50.0 Å². The van der Waals surface area contributed by atoms with Crippen molar-refractivity contribution in [3.05, 3.63) is 0 Å². The van der Waals surface area contributed by atoms with E-state index in [1.165, 1.54) is 51.6 Å². The summed E-state index contributed by atoms with van der Waals surface area (Å²) in [6.07, 6.45) is 8.54. The quantitative estimate of drug-likeness (QED) is 0.819. The van der Waals surface area contributed by atoms with Gasteiger partial charge in [0.1, 0.15) is 0 Å². The smallest absolute Gasteiger partial charge is 0.0244 e. The van der Waals surface area contributed by atoms with Gasteiger partial charge in [-0.3, -0.25) is 4.90 Å². The molecule has 1 heterocycles. The molecule has 0 aromatic carbocycles. The van der Waals surface area contributed by atoms with E-state index >= 15 is 0 Å². The lowest BCUT2D eigenvalue weighted by Gasteiger charge is -2.42. The van der Waals surface area contributed by atoms with Crippen LogP contribution in [0.3, 0.4) is 0 Å². The molecule has 2 rings (SSSR count). The van der Waals surface area contributed by atoms with E-state index in [0.717, 1.165) is 24.3 Å². The molecule has 2 fully saturated rings. The van der Waals surface area contributed by atoms with Crippen LogP contribution < -0.4 is 5.73 Å². The maximum absolute atomic E-state index is 5.97. The number of likely N-dealkylation sites (tertiary alicyclic amines) is 1. The standard InChI is InChI=1S/C15H30N2/c1-12-5-7-14(8-6-12)11-17-9-3-4-13(2)15(17)10-16/h12-15H,3-11,16H2,1-2H3. The van der Waals surface area contributed by atoms with Gasteiger partial charge in [0.15, 0.2) is 0 Å². The molecule has 0 amide bonds. The fraction of sp³-hybridized carbons (Fsp3) is 1.00. The average molecular weight is 238 g/mol. The summed E-state index contributed by atoms with van der Waals surface area (Å²) in [4.78, 5) is 2.70. The van der Waals surface area contributed by atoms with Crippen LogP contribution in [0.25, 0.3) is 0 Å². The van der Waals surface area contributed by atoms with Crippen LogP contribution in [0.4, 0.5) is 0 Å². The van der Waals surface area contributed by atoms with Gasteiger partial charge in [0.25, 0.3) is 0 Å². The Bertz CT molecular complexity index is 221. The van der Waals surface area contributed by atoms with Gasteiger partial charge in [-0.15, -0.1) is 0 Å². The highest BCUT2D eigenvalue weighted by Crippen LogP contribution is 2.31. The summed E-state index contributed by atoms with van der Waals surface area (Å²) in [5.41, 5.74) is 5.97. The minimum Gasteiger partial charge on any atom is -0.329 e. The van der Waals surface area contributed by atoms with Gasteiger partial charge in [0.05, 0.1) is 0 Å². The zero-order valence-electron chi connectivity index (χ0n) is 11.7. The van der Waals surface area contributed by atoms with Crippen molar-refractivity contribution in [3.8, 4) is 0 Å². The second kappa shape index (κ2) is 6.19. The highest BCUT2D eigenvalue weighted by atomic mass is 15.2. The van der Waals surface area contributed by atoms with Crippen LogP contribution in [0.15, 0.2) is 0 Å². The Kier molecular flexibility index (Phi) is 4.87. The van der Waals surface area contributed by atoms with Crippen LogP contribution in [-0.2, 0) is 0 Å². The lowest BCUT2D eigenvalue weighted by atomic mass is 9.81. The monoisotopic (exact) mass is 238 g/mol. The Hall–Kier alpha value is -0.0800. The van der Waals surface area contributed by atoms with Gasteiger partial charge < -0.3 is 5.73 Å². The summed E-state index contributed by atoms with van der Waals surface area (Å²) in [5, 5.41) is 0. The number of nitrogens with zero attached hydrogens (tertiary/aromatic N) is 1. The van der Waals surface area contributed by atoms with Gasteiger partial charge in [-0.2, -0.15) is 0 Å². The van der Waals surface area contributed by atoms with Crippen molar-refractivity contribution in [2.75, 3.05) is 19.6 Å². The molecule has 1 saturated carbocycles. The van der Waals surface area contributed by atoms with E-state index < -0.39 is 0 Å². The summed E-state index contributed by atoms with van der Waals surface area (Å²) in [6, 6.07) is 0.656. The summed E-state index contributed by atoms with van der Waals surface area (Å²) in [6.45, 7) is 8.25. The molecule has 17 heavy (non-hydrogen) atoms. The molecule has 0 aromatic rings. The first-order valence-electron chi connectivity index (χ1n) is 7.64. The zero-order valence-corrected chi connectivity index (χ0v) is 11.7. The van der Waals surface area contributed by atoms with Crippen LogP contribution in [0.5, 0.6) is 0 Å². The number of piperidine rings is 1. The Balaban J connectivity index is 1.84. The molecule has 1 aliphatic heterocycles. The molecule has 2 unspecified atom stereocenters. The molecule has 0 aromatic heterocycles. The molecule has 1 saturated heterocycles. The van der Waals surface area contributed by atoms with Crippen LogP contribution >= 0.6 is 0 Å². The Morgan fingerprint density at radius 3 is 2.41 bits per heavy atom. The van der Waals surface area contributed by atoms with Crippen LogP contribution in [-0.4, -0.2) is 30.6 Å². The normalized spacial score (nSPS) is 40.4. The summed E-state index contributed by atoms with van der Waals surface area (Å²) in [5.74, 6) is 2.72. The second-order valence-electron chi connectivity index (χ2n) is 6.54. The molecule has 2 aliphatic rings. The lowest BCUT2D eigenvalue weighted by Crippen LogP contribution is -2.50. The van der Waals surface area contributed by atoms with Crippen molar-refractivity contribution in [2.24, 2.45) is 23.5 Å². The van der Waals surface area contributed by atoms with E-state index in [0.29, 0.717) is 6.04 Å². The molecule has 1 aliphatic carbocycles. The molecule has 2 heteroatoms. The Labute approximate surface area is 107 Å². The maximum atomic E-state index is 5.97. The minimum absolute atomic E-state index is 0.656. The van der Waals surface area contributed by atoms with E-state index in [2.05, 4.69) is 18.7 Å². The predicted octanol–water partition coefficient (Wildman–Crippen LogP) is 2.87. The molecule has 100 valence electrons. The van der Waals surface area contributed by atoms with Crippen LogP contribution in [0, 0.1) is 17.8 Å². The SMILES string of the molecule is CC1CCC(CN2CCCC(C)C2CN)CC1. The topological polar surface area (TPSA) is 29.3 Å². The molecule has 2 N–H and O–H groups in total. The van der Waals surface area contributed by atoms with Crippen molar-refractivity contribution >= 4 is 0 Å². The number of rotatable bonds is 3. The highest BCUT2D eigenvalue weighted by molar-refractivity contribution is 4.85. The van der Waals surface area contributed by atoms with E-state index in [-0.39, 0.29) is 0 Å². The van der Waals surface area contributed by atoms with Gasteiger partial charge in [-0.1, -0.05) is 26.7 Å². The predicted molar refractivity (Wildman–Crippen MR) is 73.9 cm³/mol. The first-order valence-corrected chi connectivity index (χ1v) is 7.64. The molecular formula is C15H30N2. The minimum atomic E-state index is 0.656. The third kappa shape index (κ3) is 3.45. The van der Waals surface area contributed by atoms with Gasteiger partial charge in [-0.25, -0.2) is 0 Å². The fourth-order valence-electron chi connectivity index (χ4n) is 3.79. The second-order valence-corrected chi connectivity index (χ2v) is 6.54. The van der Waals surface area contributed by atoms with E-state index in [1.807, 2.05) is 0 Å². The van der Waals surface area contributed by atoms with Gasteiger partial charge >= 0.3 is 0 Å². The number of nitrogens with two attached hydrogens (primary N) is 1. The lowest BCUT2D eigenvalue weighted by molar-refractivity contribution is 0.0770. The van der Waals surface area contributed by atoms with E-state index in [1.54, 1.807) is 0 Å². The summed E-state index contributed by atoms with van der Waals surface area (Å²) >= 11 is 0. The van der Waals surface area contributed by atoms with Crippen molar-refractivity contribution in [1.29, 1.82) is 0 Å². The molecule has 0 spiro atoms. The molecule has 0 radical (unpaired) electrons. The molecule has 0 bridgehead atoms. The third-order valence-electron chi connectivity index (χ3n) is 5.10. The third-order valence-corrected chi connectivity index (χ3v) is 5.10. The van der Waals surface area contributed by atoms with Crippen molar-refractivity contribution in [2.45, 2.75) is 58.4 Å². The van der Waals surface area contributed by atoms with Crippen LogP contribution in [0.2, 0.25) is 0 Å². The Morgan fingerprint density at radius 1 is 1.06 bits per heavy atom. The average Bonchev–Trinajstić information content (AvgIpc) is 2.32. The van der Waals surface area contributed by atoms with Gasteiger partial charge in [0.2, 0.25) is 0 Å². The highest BCUT2D eigenvalue weighted by Gasteiger charge is 2.29. The van der Waals surface area contributed by atoms with Crippen molar-refractivity contribution in [3.63, 3.8) is 0 Å². The maximum Gasteiger partial charge on any atom is 0.0244 e. The van der Waals surface area contributed by atoms with E-state index in [9.17, 15) is 0 Å². The number of hydrogen-bond acceptors (Lipinski definition) is 2. The molecule has 2 nitrogen and oxygen atoms in total. The first-order chi connectivity index (χ1) is 8.20. The summed E-state index contributed by atoms with van der Waals surface area (Å²) < 4.78 is 0. The Morgan fingerprint density at radius 2 is 1.76 bits per heavy atom.